The van der Waals surface area contributed by atoms with Gasteiger partial charge in [-0.2, -0.15) is 4.31 Å². The molecule has 2 aliphatic heterocycles. The fourth-order valence-corrected chi connectivity index (χ4v) is 6.17. The molecule has 2 aliphatic rings. The molecular weight excluding hydrogens is 454 g/mol. The first-order valence-corrected chi connectivity index (χ1v) is 13.1. The molecule has 0 spiro atoms. The number of nitrogens with zero attached hydrogens (tertiary/aromatic N) is 2. The highest BCUT2D eigenvalue weighted by molar-refractivity contribution is 7.89. The number of carbonyl (C=O) groups excluding carboxylic acids is 2. The normalized spacial score (nSPS) is 17.2. The molecule has 2 aromatic carbocycles. The Balaban J connectivity index is 1.35. The van der Waals surface area contributed by atoms with Gasteiger partial charge >= 0.3 is 0 Å². The van der Waals surface area contributed by atoms with Crippen molar-refractivity contribution in [2.45, 2.75) is 44.0 Å². The van der Waals surface area contributed by atoms with Crippen LogP contribution in [0.15, 0.2) is 47.4 Å². The summed E-state index contributed by atoms with van der Waals surface area (Å²) in [6.07, 6.45) is 2.53. The number of rotatable bonds is 6. The van der Waals surface area contributed by atoms with Crippen molar-refractivity contribution in [2.24, 2.45) is 5.92 Å². The lowest BCUT2D eigenvalue weighted by atomic mass is 9.97. The van der Waals surface area contributed by atoms with E-state index in [9.17, 15) is 18.0 Å². The van der Waals surface area contributed by atoms with Crippen LogP contribution in [0.3, 0.4) is 0 Å². The number of hydrogen-bond donors (Lipinski definition) is 1. The van der Waals surface area contributed by atoms with Crippen LogP contribution in [0.4, 0.5) is 5.69 Å². The summed E-state index contributed by atoms with van der Waals surface area (Å²) < 4.78 is 33.1. The molecule has 1 fully saturated rings. The maximum absolute atomic E-state index is 13.3. The first-order valence-electron chi connectivity index (χ1n) is 11.6. The second-order valence-electron chi connectivity index (χ2n) is 8.81. The third-order valence-electron chi connectivity index (χ3n) is 6.64. The molecule has 1 saturated heterocycles. The quantitative estimate of drug-likeness (QED) is 0.679. The number of piperidine rings is 1. The van der Waals surface area contributed by atoms with Crippen LogP contribution in [-0.2, 0) is 32.6 Å². The summed E-state index contributed by atoms with van der Waals surface area (Å²) >= 11 is 0. The molecule has 0 atom stereocenters. The van der Waals surface area contributed by atoms with Crippen LogP contribution in [0.1, 0.15) is 37.3 Å². The lowest BCUT2D eigenvalue weighted by Gasteiger charge is -2.32. The van der Waals surface area contributed by atoms with Gasteiger partial charge in [0.25, 0.3) is 0 Å². The summed E-state index contributed by atoms with van der Waals surface area (Å²) in [7, 11) is -2.05. The number of fused-ring (bicyclic) bond motifs is 1. The predicted molar refractivity (Wildman–Crippen MR) is 129 cm³/mol. The molecule has 1 N–H and O–H groups in total. The van der Waals surface area contributed by atoms with Crippen molar-refractivity contribution < 1.29 is 22.7 Å². The number of benzene rings is 2. The molecule has 2 amide bonds. The van der Waals surface area contributed by atoms with E-state index in [4.69, 9.17) is 4.74 Å². The summed E-state index contributed by atoms with van der Waals surface area (Å²) in [6, 6.07) is 12.5. The van der Waals surface area contributed by atoms with Gasteiger partial charge < -0.3 is 15.0 Å². The standard InChI is InChI=1S/C25H31N3O5S/c1-18(29)28-13-3-4-21-16-23(9-10-24(21)28)34(31,32)27-14-11-20(12-15-27)25(30)26-17-19-5-7-22(33-2)8-6-19/h5-10,16,20H,3-4,11-15,17H2,1-2H3,(H,26,30). The van der Waals surface area contributed by atoms with E-state index in [1.807, 2.05) is 24.3 Å². The van der Waals surface area contributed by atoms with Gasteiger partial charge in [-0.15, -0.1) is 0 Å². The zero-order valence-corrected chi connectivity index (χ0v) is 20.4. The molecule has 2 aromatic rings. The molecular formula is C25H31N3O5S. The Morgan fingerprint density at radius 1 is 1.06 bits per heavy atom. The Morgan fingerprint density at radius 2 is 1.76 bits per heavy atom. The molecule has 0 aliphatic carbocycles. The molecule has 0 unspecified atom stereocenters. The van der Waals surface area contributed by atoms with E-state index in [1.165, 1.54) is 11.2 Å². The number of amides is 2. The SMILES string of the molecule is COc1ccc(CNC(=O)C2CCN(S(=O)(=O)c3ccc4c(c3)CCCN4C(C)=O)CC2)cc1. The minimum absolute atomic E-state index is 0.0381. The largest absolute Gasteiger partial charge is 0.497 e. The van der Waals surface area contributed by atoms with Gasteiger partial charge in [-0.25, -0.2) is 8.42 Å². The minimum Gasteiger partial charge on any atom is -0.497 e. The summed E-state index contributed by atoms with van der Waals surface area (Å²) in [4.78, 5) is 26.5. The third kappa shape index (κ3) is 5.10. The number of aryl methyl sites for hydroxylation is 1. The van der Waals surface area contributed by atoms with E-state index in [-0.39, 0.29) is 22.6 Å². The molecule has 0 bridgehead atoms. The van der Waals surface area contributed by atoms with Crippen LogP contribution in [0.5, 0.6) is 5.75 Å². The highest BCUT2D eigenvalue weighted by atomic mass is 32.2. The Morgan fingerprint density at radius 3 is 2.41 bits per heavy atom. The first-order chi connectivity index (χ1) is 16.3. The van der Waals surface area contributed by atoms with Crippen LogP contribution < -0.4 is 15.0 Å². The molecule has 2 heterocycles. The molecule has 0 aromatic heterocycles. The van der Waals surface area contributed by atoms with Gasteiger partial charge in [0.2, 0.25) is 21.8 Å². The van der Waals surface area contributed by atoms with E-state index >= 15 is 0 Å². The van der Waals surface area contributed by atoms with Crippen molar-refractivity contribution in [3.05, 3.63) is 53.6 Å². The van der Waals surface area contributed by atoms with Crippen molar-refractivity contribution in [3.63, 3.8) is 0 Å². The average molecular weight is 486 g/mol. The minimum atomic E-state index is -3.66. The van der Waals surface area contributed by atoms with Gasteiger partial charge in [0.15, 0.2) is 0 Å². The number of ether oxygens (including phenoxy) is 1. The maximum Gasteiger partial charge on any atom is 0.243 e. The zero-order chi connectivity index (χ0) is 24.3. The fourth-order valence-electron chi connectivity index (χ4n) is 4.65. The predicted octanol–water partition coefficient (Wildman–Crippen LogP) is 2.71. The van der Waals surface area contributed by atoms with Gasteiger partial charge in [0.05, 0.1) is 12.0 Å². The molecule has 0 saturated carbocycles. The van der Waals surface area contributed by atoms with E-state index in [0.717, 1.165) is 35.4 Å². The number of carbonyl (C=O) groups is 2. The van der Waals surface area contributed by atoms with Gasteiger partial charge in [-0.05, 0) is 67.1 Å². The van der Waals surface area contributed by atoms with E-state index < -0.39 is 10.0 Å². The monoisotopic (exact) mass is 485 g/mol. The van der Waals surface area contributed by atoms with Crippen molar-refractivity contribution in [2.75, 3.05) is 31.6 Å². The second-order valence-corrected chi connectivity index (χ2v) is 10.7. The second kappa shape index (κ2) is 10.1. The summed E-state index contributed by atoms with van der Waals surface area (Å²) in [5.74, 6) is 0.464. The van der Waals surface area contributed by atoms with E-state index in [0.29, 0.717) is 39.0 Å². The van der Waals surface area contributed by atoms with Gasteiger partial charge in [0.1, 0.15) is 5.75 Å². The van der Waals surface area contributed by atoms with Gasteiger partial charge in [-0.3, -0.25) is 9.59 Å². The maximum atomic E-state index is 13.3. The lowest BCUT2D eigenvalue weighted by Crippen LogP contribution is -2.43. The third-order valence-corrected chi connectivity index (χ3v) is 8.53. The molecule has 182 valence electrons. The molecule has 34 heavy (non-hydrogen) atoms. The van der Waals surface area contributed by atoms with Gasteiger partial charge in [0, 0.05) is 44.7 Å². The van der Waals surface area contributed by atoms with Gasteiger partial charge in [-0.1, -0.05) is 12.1 Å². The molecule has 9 heteroatoms. The zero-order valence-electron chi connectivity index (χ0n) is 19.6. The average Bonchev–Trinajstić information content (AvgIpc) is 2.86. The van der Waals surface area contributed by atoms with Crippen molar-refractivity contribution in [3.8, 4) is 5.75 Å². The van der Waals surface area contributed by atoms with Crippen LogP contribution in [0.25, 0.3) is 0 Å². The van der Waals surface area contributed by atoms with Crippen LogP contribution in [-0.4, -0.2) is 51.3 Å². The van der Waals surface area contributed by atoms with E-state index in [2.05, 4.69) is 5.32 Å². The molecule has 8 nitrogen and oxygen atoms in total. The lowest BCUT2D eigenvalue weighted by molar-refractivity contribution is -0.126. The summed E-state index contributed by atoms with van der Waals surface area (Å²) in [5.41, 5.74) is 2.66. The van der Waals surface area contributed by atoms with E-state index in [1.54, 1.807) is 30.2 Å². The topological polar surface area (TPSA) is 96.0 Å². The molecule has 0 radical (unpaired) electrons. The Labute approximate surface area is 200 Å². The smallest absolute Gasteiger partial charge is 0.243 e. The van der Waals surface area contributed by atoms with Crippen LogP contribution >= 0.6 is 0 Å². The van der Waals surface area contributed by atoms with Crippen molar-refractivity contribution in [1.82, 2.24) is 9.62 Å². The van der Waals surface area contributed by atoms with Crippen LogP contribution in [0.2, 0.25) is 0 Å². The number of hydrogen-bond acceptors (Lipinski definition) is 5. The van der Waals surface area contributed by atoms with Crippen molar-refractivity contribution >= 4 is 27.5 Å². The Hall–Kier alpha value is -2.91. The summed E-state index contributed by atoms with van der Waals surface area (Å²) in [5, 5.41) is 2.96. The van der Waals surface area contributed by atoms with Crippen LogP contribution in [0, 0.1) is 5.92 Å². The highest BCUT2D eigenvalue weighted by Gasteiger charge is 2.33. The summed E-state index contributed by atoms with van der Waals surface area (Å²) in [6.45, 7) is 3.21. The number of methoxy groups -OCH3 is 1. The number of anilines is 1. The number of sulfonamides is 1. The Bertz CT molecular complexity index is 1160. The highest BCUT2D eigenvalue weighted by Crippen LogP contribution is 2.31. The first kappa shape index (κ1) is 24.2. The number of nitrogens with one attached hydrogen (secondary N) is 1. The molecule has 4 rings (SSSR count). The van der Waals surface area contributed by atoms with Crippen molar-refractivity contribution in [1.29, 1.82) is 0 Å². The fraction of sp³-hybridized carbons (Fsp3) is 0.440. The Kier molecular flexibility index (Phi) is 7.23.